The zero-order valence-corrected chi connectivity index (χ0v) is 23.1. The predicted octanol–water partition coefficient (Wildman–Crippen LogP) is 3.53. The minimum Gasteiger partial charge on any atom is -0.478 e. The van der Waals surface area contributed by atoms with E-state index in [4.69, 9.17) is 4.84 Å². The molecule has 212 valence electrons. The van der Waals surface area contributed by atoms with Gasteiger partial charge in [0.15, 0.2) is 0 Å². The number of carboxylic acid groups (broad SMARTS) is 1. The van der Waals surface area contributed by atoms with Crippen LogP contribution in [0.15, 0.2) is 66.7 Å². The fourth-order valence-electron chi connectivity index (χ4n) is 4.96. The van der Waals surface area contributed by atoms with E-state index in [9.17, 15) is 19.5 Å². The van der Waals surface area contributed by atoms with Crippen LogP contribution in [0.3, 0.4) is 0 Å². The molecular weight excluding hydrogens is 522 g/mol. The number of nitrogens with zero attached hydrogens (tertiary/aromatic N) is 2. The van der Waals surface area contributed by atoms with Crippen molar-refractivity contribution in [3.63, 3.8) is 0 Å². The molecule has 3 aromatic rings. The molecule has 2 aliphatic heterocycles. The maximum absolute atomic E-state index is 13.2. The number of nitrogens with one attached hydrogen (secondary N) is 3. The lowest BCUT2D eigenvalue weighted by atomic mass is 9.96. The van der Waals surface area contributed by atoms with Crippen LogP contribution in [-0.4, -0.2) is 79.1 Å². The van der Waals surface area contributed by atoms with Crippen molar-refractivity contribution >= 4 is 40.4 Å². The highest BCUT2D eigenvalue weighted by Gasteiger charge is 2.30. The quantitative estimate of drug-likeness (QED) is 0.180. The van der Waals surface area contributed by atoms with Crippen LogP contribution in [0.5, 0.6) is 0 Å². The minimum atomic E-state index is -1.05. The van der Waals surface area contributed by atoms with Gasteiger partial charge in [0, 0.05) is 49.5 Å². The zero-order chi connectivity index (χ0) is 28.9. The largest absolute Gasteiger partial charge is 0.478 e. The van der Waals surface area contributed by atoms with Crippen LogP contribution in [0, 0.1) is 6.92 Å². The molecule has 0 saturated carbocycles. The third-order valence-electron chi connectivity index (χ3n) is 7.34. The second-order valence-electron chi connectivity index (χ2n) is 10.2. The topological polar surface area (TPSA) is 123 Å². The summed E-state index contributed by atoms with van der Waals surface area (Å²) < 4.78 is 0. The number of piperazine rings is 1. The molecule has 0 radical (unpaired) electrons. The van der Waals surface area contributed by atoms with Gasteiger partial charge in [0.1, 0.15) is 0 Å². The number of anilines is 2. The highest BCUT2D eigenvalue weighted by Crippen LogP contribution is 2.39. The van der Waals surface area contributed by atoms with E-state index >= 15 is 0 Å². The molecule has 2 aliphatic rings. The van der Waals surface area contributed by atoms with Gasteiger partial charge in [-0.25, -0.2) is 10.3 Å². The summed E-state index contributed by atoms with van der Waals surface area (Å²) in [6.07, 6.45) is 0. The van der Waals surface area contributed by atoms with Crippen LogP contribution in [0.25, 0.3) is 11.3 Å². The molecule has 5 rings (SSSR count). The molecule has 0 bridgehead atoms. The Morgan fingerprint density at radius 2 is 1.68 bits per heavy atom. The number of aromatic carboxylic acids is 1. The van der Waals surface area contributed by atoms with Gasteiger partial charge in [-0.1, -0.05) is 30.3 Å². The maximum atomic E-state index is 13.2. The van der Waals surface area contributed by atoms with Crippen molar-refractivity contribution in [1.29, 1.82) is 0 Å². The summed E-state index contributed by atoms with van der Waals surface area (Å²) in [6, 6.07) is 19.5. The van der Waals surface area contributed by atoms with Gasteiger partial charge in [0.25, 0.3) is 11.8 Å². The second kappa shape index (κ2) is 12.3. The number of fused-ring (bicyclic) bond motifs is 1. The van der Waals surface area contributed by atoms with Crippen molar-refractivity contribution < 1.29 is 24.3 Å². The molecule has 2 amide bonds. The van der Waals surface area contributed by atoms with E-state index in [2.05, 4.69) is 33.0 Å². The van der Waals surface area contributed by atoms with Crippen molar-refractivity contribution in [2.24, 2.45) is 0 Å². The molecule has 0 spiro atoms. The van der Waals surface area contributed by atoms with Gasteiger partial charge in [-0.2, -0.15) is 0 Å². The first-order chi connectivity index (χ1) is 19.8. The number of hydrogen-bond donors (Lipinski definition) is 4. The molecule has 0 unspecified atom stereocenters. The van der Waals surface area contributed by atoms with E-state index in [1.807, 2.05) is 30.3 Å². The van der Waals surface area contributed by atoms with Gasteiger partial charge in [0.2, 0.25) is 0 Å². The van der Waals surface area contributed by atoms with Gasteiger partial charge in [-0.05, 0) is 61.5 Å². The normalized spacial score (nSPS) is 16.6. The molecule has 2 heterocycles. The number of amides is 2. The SMILES string of the molecule is Cc1cc2c(cc1C(=O)O)NC(=O)/C2=C(\Nc1ccc(C(=O)NOCCN2CCN(C)CC2)cc1)c1ccccc1. The van der Waals surface area contributed by atoms with Gasteiger partial charge in [-0.3, -0.25) is 19.3 Å². The fraction of sp³-hybridized carbons (Fsp3) is 0.258. The molecule has 10 heteroatoms. The highest BCUT2D eigenvalue weighted by molar-refractivity contribution is 6.37. The van der Waals surface area contributed by atoms with Gasteiger partial charge >= 0.3 is 5.97 Å². The number of hydroxylamine groups is 1. The van der Waals surface area contributed by atoms with Crippen LogP contribution in [0.2, 0.25) is 0 Å². The summed E-state index contributed by atoms with van der Waals surface area (Å²) in [5, 5.41) is 15.7. The Labute approximate surface area is 238 Å². The first-order valence-corrected chi connectivity index (χ1v) is 13.5. The molecule has 0 aliphatic carbocycles. The monoisotopic (exact) mass is 555 g/mol. The first kappa shape index (κ1) is 28.0. The highest BCUT2D eigenvalue weighted by atomic mass is 16.7. The van der Waals surface area contributed by atoms with Crippen LogP contribution in [-0.2, 0) is 9.63 Å². The summed E-state index contributed by atoms with van der Waals surface area (Å²) in [6.45, 7) is 6.89. The third kappa shape index (κ3) is 6.46. The number of likely N-dealkylation sites (N-methyl/N-ethyl adjacent to an activating group) is 1. The summed E-state index contributed by atoms with van der Waals surface area (Å²) in [5.41, 5.74) is 7.12. The number of benzene rings is 3. The van der Waals surface area contributed by atoms with Gasteiger partial charge in [-0.15, -0.1) is 0 Å². The van der Waals surface area contributed by atoms with Crippen molar-refractivity contribution in [3.8, 4) is 0 Å². The third-order valence-corrected chi connectivity index (χ3v) is 7.34. The second-order valence-corrected chi connectivity index (χ2v) is 10.2. The number of carboxylic acids is 1. The molecule has 4 N–H and O–H groups in total. The van der Waals surface area contributed by atoms with E-state index in [1.54, 1.807) is 37.3 Å². The van der Waals surface area contributed by atoms with Crippen LogP contribution < -0.4 is 16.1 Å². The lowest BCUT2D eigenvalue weighted by Gasteiger charge is -2.32. The van der Waals surface area contributed by atoms with E-state index in [1.165, 1.54) is 6.07 Å². The lowest BCUT2D eigenvalue weighted by Crippen LogP contribution is -2.45. The number of carbonyl (C=O) groups excluding carboxylic acids is 2. The Hall–Kier alpha value is -4.51. The van der Waals surface area contributed by atoms with Crippen LogP contribution in [0.1, 0.15) is 37.4 Å². The first-order valence-electron chi connectivity index (χ1n) is 13.5. The van der Waals surface area contributed by atoms with Crippen molar-refractivity contribution in [2.45, 2.75) is 6.92 Å². The molecule has 10 nitrogen and oxygen atoms in total. The van der Waals surface area contributed by atoms with Gasteiger partial charge < -0.3 is 20.6 Å². The minimum absolute atomic E-state index is 0.136. The molecule has 3 aromatic carbocycles. The van der Waals surface area contributed by atoms with Crippen molar-refractivity contribution in [2.75, 3.05) is 57.0 Å². The summed E-state index contributed by atoms with van der Waals surface area (Å²) in [5.74, 6) is -1.73. The number of carbonyl (C=O) groups is 3. The number of aryl methyl sites for hydroxylation is 1. The predicted molar refractivity (Wildman–Crippen MR) is 157 cm³/mol. The Balaban J connectivity index is 1.31. The zero-order valence-electron chi connectivity index (χ0n) is 23.1. The molecule has 0 aromatic heterocycles. The average Bonchev–Trinajstić information content (AvgIpc) is 3.29. The molecule has 1 saturated heterocycles. The van der Waals surface area contributed by atoms with E-state index in [0.29, 0.717) is 45.9 Å². The molecule has 1 fully saturated rings. The molecular formula is C31H33N5O5. The Kier molecular flexibility index (Phi) is 8.44. The van der Waals surface area contributed by atoms with Crippen LogP contribution >= 0.6 is 0 Å². The van der Waals surface area contributed by atoms with Crippen molar-refractivity contribution in [1.82, 2.24) is 15.3 Å². The van der Waals surface area contributed by atoms with E-state index in [-0.39, 0.29) is 17.4 Å². The van der Waals surface area contributed by atoms with E-state index in [0.717, 1.165) is 38.3 Å². The summed E-state index contributed by atoms with van der Waals surface area (Å²) in [4.78, 5) is 47.4. The summed E-state index contributed by atoms with van der Waals surface area (Å²) in [7, 11) is 2.11. The Morgan fingerprint density at radius 1 is 0.976 bits per heavy atom. The molecule has 0 atom stereocenters. The Bertz CT molecular complexity index is 1480. The van der Waals surface area contributed by atoms with E-state index < -0.39 is 5.97 Å². The number of hydrogen-bond acceptors (Lipinski definition) is 7. The van der Waals surface area contributed by atoms with Crippen molar-refractivity contribution in [3.05, 3.63) is 94.5 Å². The van der Waals surface area contributed by atoms with Crippen LogP contribution in [0.4, 0.5) is 11.4 Å². The Morgan fingerprint density at radius 3 is 2.37 bits per heavy atom. The summed E-state index contributed by atoms with van der Waals surface area (Å²) >= 11 is 0. The molecule has 41 heavy (non-hydrogen) atoms. The number of rotatable bonds is 9. The average molecular weight is 556 g/mol. The van der Waals surface area contributed by atoms with Gasteiger partial charge in [0.05, 0.1) is 29.1 Å². The fourth-order valence-corrected chi connectivity index (χ4v) is 4.96. The lowest BCUT2D eigenvalue weighted by molar-refractivity contribution is -0.110. The standard InChI is InChI=1S/C31H33N5O5/c1-20-18-25-26(19-24(20)31(39)40)33-30(38)27(25)28(21-6-4-3-5-7-21)32-23-10-8-22(9-11-23)29(37)34-41-17-16-36-14-12-35(2)13-15-36/h3-11,18-19,32H,12-17H2,1-2H3,(H,33,38)(H,34,37)(H,39,40)/b28-27-. The smallest absolute Gasteiger partial charge is 0.336 e. The maximum Gasteiger partial charge on any atom is 0.336 e.